The molecule has 1 aliphatic heterocycles. The standard InChI is InChI=1S/C16H17BrN2O3S2/c17-14-5-3-13(4-6-14)12-15(20)18-7-9-19(10-8-18)24(21,22)16-2-1-11-23-16/h1-6,11H,7-10,12H2. The quantitative estimate of drug-likeness (QED) is 0.751. The predicted octanol–water partition coefficient (Wildman–Crippen LogP) is 2.59. The molecule has 1 saturated heterocycles. The van der Waals surface area contributed by atoms with Crippen molar-refractivity contribution in [1.82, 2.24) is 9.21 Å². The van der Waals surface area contributed by atoms with Crippen LogP contribution in [0.5, 0.6) is 0 Å². The van der Waals surface area contributed by atoms with Crippen molar-refractivity contribution < 1.29 is 13.2 Å². The van der Waals surface area contributed by atoms with Gasteiger partial charge in [-0.25, -0.2) is 8.42 Å². The molecule has 128 valence electrons. The number of piperazine rings is 1. The predicted molar refractivity (Wildman–Crippen MR) is 97.5 cm³/mol. The van der Waals surface area contributed by atoms with Crippen molar-refractivity contribution in [1.29, 1.82) is 0 Å². The van der Waals surface area contributed by atoms with Gasteiger partial charge in [-0.1, -0.05) is 34.1 Å². The van der Waals surface area contributed by atoms with E-state index in [2.05, 4.69) is 15.9 Å². The molecule has 0 aliphatic carbocycles. The molecule has 1 aromatic heterocycles. The molecule has 0 radical (unpaired) electrons. The van der Waals surface area contributed by atoms with E-state index in [9.17, 15) is 13.2 Å². The summed E-state index contributed by atoms with van der Waals surface area (Å²) >= 11 is 4.59. The van der Waals surface area contributed by atoms with Crippen molar-refractivity contribution >= 4 is 43.2 Å². The maximum absolute atomic E-state index is 12.5. The van der Waals surface area contributed by atoms with Crippen LogP contribution in [0.3, 0.4) is 0 Å². The molecule has 1 fully saturated rings. The molecule has 24 heavy (non-hydrogen) atoms. The zero-order valence-electron chi connectivity index (χ0n) is 12.9. The summed E-state index contributed by atoms with van der Waals surface area (Å²) in [5.41, 5.74) is 0.955. The van der Waals surface area contributed by atoms with Crippen molar-refractivity contribution in [2.75, 3.05) is 26.2 Å². The first kappa shape index (κ1) is 17.6. The van der Waals surface area contributed by atoms with Crippen LogP contribution in [0, 0.1) is 0 Å². The summed E-state index contributed by atoms with van der Waals surface area (Å²) in [6.45, 7) is 1.54. The van der Waals surface area contributed by atoms with Gasteiger partial charge in [0.2, 0.25) is 5.91 Å². The number of benzene rings is 1. The number of hydrogen-bond acceptors (Lipinski definition) is 4. The number of carbonyl (C=O) groups excluding carboxylic acids is 1. The van der Waals surface area contributed by atoms with E-state index >= 15 is 0 Å². The summed E-state index contributed by atoms with van der Waals surface area (Å²) in [7, 11) is -3.42. The van der Waals surface area contributed by atoms with Crippen LogP contribution in [-0.4, -0.2) is 49.7 Å². The Kier molecular flexibility index (Phi) is 5.39. The lowest BCUT2D eigenvalue weighted by atomic mass is 10.1. The van der Waals surface area contributed by atoms with Crippen LogP contribution in [-0.2, 0) is 21.2 Å². The highest BCUT2D eigenvalue weighted by molar-refractivity contribution is 9.10. The molecule has 5 nitrogen and oxygen atoms in total. The van der Waals surface area contributed by atoms with Crippen molar-refractivity contribution in [3.63, 3.8) is 0 Å². The Balaban J connectivity index is 1.58. The van der Waals surface area contributed by atoms with Crippen molar-refractivity contribution in [2.24, 2.45) is 0 Å². The lowest BCUT2D eigenvalue weighted by molar-refractivity contribution is -0.131. The number of halogens is 1. The summed E-state index contributed by atoms with van der Waals surface area (Å²) in [6, 6.07) is 11.0. The van der Waals surface area contributed by atoms with Crippen LogP contribution >= 0.6 is 27.3 Å². The van der Waals surface area contributed by atoms with Gasteiger partial charge in [-0.2, -0.15) is 4.31 Å². The van der Waals surface area contributed by atoms with Gasteiger partial charge in [-0.05, 0) is 29.1 Å². The van der Waals surface area contributed by atoms with Gasteiger partial charge in [-0.15, -0.1) is 11.3 Å². The minimum absolute atomic E-state index is 0.0329. The number of rotatable bonds is 4. The summed E-state index contributed by atoms with van der Waals surface area (Å²) in [4.78, 5) is 14.1. The van der Waals surface area contributed by atoms with E-state index in [4.69, 9.17) is 0 Å². The van der Waals surface area contributed by atoms with Gasteiger partial charge in [0.05, 0.1) is 6.42 Å². The molecule has 2 heterocycles. The first-order valence-electron chi connectivity index (χ1n) is 7.53. The Morgan fingerprint density at radius 3 is 2.33 bits per heavy atom. The molecule has 0 N–H and O–H groups in total. The number of sulfonamides is 1. The Labute approximate surface area is 154 Å². The first-order valence-corrected chi connectivity index (χ1v) is 10.6. The molecule has 0 bridgehead atoms. The lowest BCUT2D eigenvalue weighted by Gasteiger charge is -2.33. The summed E-state index contributed by atoms with van der Waals surface area (Å²) in [6.07, 6.45) is 0.338. The minimum Gasteiger partial charge on any atom is -0.340 e. The van der Waals surface area contributed by atoms with E-state index in [0.29, 0.717) is 36.8 Å². The van der Waals surface area contributed by atoms with Gasteiger partial charge in [0, 0.05) is 30.7 Å². The van der Waals surface area contributed by atoms with Gasteiger partial charge >= 0.3 is 0 Å². The van der Waals surface area contributed by atoms with Crippen LogP contribution < -0.4 is 0 Å². The molecule has 1 aromatic carbocycles. The minimum atomic E-state index is -3.42. The molecule has 1 amide bonds. The fraction of sp³-hybridized carbons (Fsp3) is 0.312. The smallest absolute Gasteiger partial charge is 0.252 e. The van der Waals surface area contributed by atoms with Crippen LogP contribution in [0.1, 0.15) is 5.56 Å². The molecule has 0 unspecified atom stereocenters. The summed E-state index contributed by atoms with van der Waals surface area (Å²) < 4.78 is 27.7. The third-order valence-electron chi connectivity index (χ3n) is 3.95. The number of thiophene rings is 1. The van der Waals surface area contributed by atoms with Gasteiger partial charge < -0.3 is 4.90 Å². The summed E-state index contributed by atoms with van der Waals surface area (Å²) in [5, 5.41) is 1.75. The average Bonchev–Trinajstić information content (AvgIpc) is 3.12. The van der Waals surface area contributed by atoms with Crippen molar-refractivity contribution in [3.8, 4) is 0 Å². The van der Waals surface area contributed by atoms with Crippen LogP contribution in [0.2, 0.25) is 0 Å². The molecule has 0 saturated carbocycles. The monoisotopic (exact) mass is 428 g/mol. The van der Waals surface area contributed by atoms with E-state index in [1.54, 1.807) is 22.4 Å². The lowest BCUT2D eigenvalue weighted by Crippen LogP contribution is -2.50. The number of carbonyl (C=O) groups is 1. The zero-order chi connectivity index (χ0) is 17.2. The normalized spacial score (nSPS) is 16.3. The highest BCUT2D eigenvalue weighted by atomic mass is 79.9. The number of nitrogens with zero attached hydrogens (tertiary/aromatic N) is 2. The van der Waals surface area contributed by atoms with E-state index in [1.807, 2.05) is 24.3 Å². The maximum atomic E-state index is 12.5. The fourth-order valence-electron chi connectivity index (χ4n) is 2.60. The van der Waals surface area contributed by atoms with Gasteiger partial charge in [0.15, 0.2) is 0 Å². The fourth-order valence-corrected chi connectivity index (χ4v) is 5.44. The second-order valence-corrected chi connectivity index (χ2v) is 9.55. The van der Waals surface area contributed by atoms with Gasteiger partial charge in [0.1, 0.15) is 4.21 Å². The largest absolute Gasteiger partial charge is 0.340 e. The molecular formula is C16H17BrN2O3S2. The second-order valence-electron chi connectivity index (χ2n) is 5.52. The zero-order valence-corrected chi connectivity index (χ0v) is 16.1. The molecule has 0 atom stereocenters. The van der Waals surface area contributed by atoms with Gasteiger partial charge in [-0.3, -0.25) is 4.79 Å². The molecule has 3 rings (SSSR count). The van der Waals surface area contributed by atoms with Crippen molar-refractivity contribution in [2.45, 2.75) is 10.6 Å². The molecule has 1 aliphatic rings. The second kappa shape index (κ2) is 7.35. The highest BCUT2D eigenvalue weighted by Gasteiger charge is 2.30. The highest BCUT2D eigenvalue weighted by Crippen LogP contribution is 2.22. The molecular weight excluding hydrogens is 412 g/mol. The van der Waals surface area contributed by atoms with E-state index in [0.717, 1.165) is 10.0 Å². The molecule has 8 heteroatoms. The maximum Gasteiger partial charge on any atom is 0.252 e. The Morgan fingerprint density at radius 2 is 1.75 bits per heavy atom. The van der Waals surface area contributed by atoms with Crippen LogP contribution in [0.4, 0.5) is 0 Å². The van der Waals surface area contributed by atoms with Crippen LogP contribution in [0.25, 0.3) is 0 Å². The summed E-state index contributed by atoms with van der Waals surface area (Å²) in [5.74, 6) is 0.0329. The topological polar surface area (TPSA) is 57.7 Å². The molecule has 2 aromatic rings. The number of amides is 1. The third kappa shape index (κ3) is 3.88. The Hall–Kier alpha value is -1.22. The van der Waals surface area contributed by atoms with Gasteiger partial charge in [0.25, 0.3) is 10.0 Å². The van der Waals surface area contributed by atoms with Crippen molar-refractivity contribution in [3.05, 3.63) is 51.8 Å². The Morgan fingerprint density at radius 1 is 1.08 bits per heavy atom. The first-order chi connectivity index (χ1) is 11.5. The van der Waals surface area contributed by atoms with E-state index < -0.39 is 10.0 Å². The Bertz CT molecular complexity index is 796. The molecule has 0 spiro atoms. The van der Waals surface area contributed by atoms with Crippen LogP contribution in [0.15, 0.2) is 50.5 Å². The SMILES string of the molecule is O=C(Cc1ccc(Br)cc1)N1CCN(S(=O)(=O)c2cccs2)CC1. The van der Waals surface area contributed by atoms with E-state index in [-0.39, 0.29) is 5.91 Å². The third-order valence-corrected chi connectivity index (χ3v) is 7.75. The number of hydrogen-bond donors (Lipinski definition) is 0. The average molecular weight is 429 g/mol. The van der Waals surface area contributed by atoms with E-state index in [1.165, 1.54) is 15.6 Å².